The van der Waals surface area contributed by atoms with E-state index < -0.39 is 0 Å². The number of carbonyl (C=O) groups is 1. The number of morpholine rings is 1. The molecule has 5 nitrogen and oxygen atoms in total. The smallest absolute Gasteiger partial charge is 0.158 e. The molecule has 6 heteroatoms. The van der Waals surface area contributed by atoms with Crippen LogP contribution in [0, 0.1) is 6.92 Å². The van der Waals surface area contributed by atoms with Crippen molar-refractivity contribution in [1.29, 1.82) is 0 Å². The fourth-order valence-corrected chi connectivity index (χ4v) is 2.52. The molecule has 1 unspecified atom stereocenters. The van der Waals surface area contributed by atoms with Crippen LogP contribution in [-0.2, 0) is 22.5 Å². The van der Waals surface area contributed by atoms with Crippen LogP contribution in [0.1, 0.15) is 18.3 Å². The third kappa shape index (κ3) is 2.81. The molecule has 2 heterocycles. The van der Waals surface area contributed by atoms with E-state index in [1.54, 1.807) is 0 Å². The van der Waals surface area contributed by atoms with E-state index in [1.165, 1.54) is 0 Å². The monoisotopic (exact) mass is 315 g/mol. The Labute approximate surface area is 115 Å². The highest BCUT2D eigenvalue weighted by molar-refractivity contribution is 9.10. The lowest BCUT2D eigenvalue weighted by molar-refractivity contribution is -0.123. The van der Waals surface area contributed by atoms with Gasteiger partial charge in [0.2, 0.25) is 0 Å². The average Bonchev–Trinajstić information content (AvgIpc) is 2.67. The number of halogens is 1. The molecule has 0 spiro atoms. The molecule has 0 aliphatic carbocycles. The average molecular weight is 316 g/mol. The second-order valence-corrected chi connectivity index (χ2v) is 5.18. The number of aryl methyl sites for hydroxylation is 2. The number of nitrogens with one attached hydrogen (secondary N) is 1. The van der Waals surface area contributed by atoms with Crippen LogP contribution in [0.4, 0.5) is 0 Å². The quantitative estimate of drug-likeness (QED) is 0.903. The van der Waals surface area contributed by atoms with Crippen molar-refractivity contribution in [3.05, 3.63) is 15.9 Å². The van der Waals surface area contributed by atoms with E-state index in [1.807, 2.05) is 18.5 Å². The number of ketones is 1. The Morgan fingerprint density at radius 1 is 1.67 bits per heavy atom. The van der Waals surface area contributed by atoms with Gasteiger partial charge in [-0.05, 0) is 29.8 Å². The van der Waals surface area contributed by atoms with Gasteiger partial charge in [-0.1, -0.05) is 0 Å². The van der Waals surface area contributed by atoms with Crippen molar-refractivity contribution in [2.45, 2.75) is 32.9 Å². The summed E-state index contributed by atoms with van der Waals surface area (Å²) in [7, 11) is 0. The van der Waals surface area contributed by atoms with E-state index in [-0.39, 0.29) is 11.8 Å². The fraction of sp³-hybridized carbons (Fsp3) is 0.667. The Hall–Kier alpha value is -0.720. The van der Waals surface area contributed by atoms with E-state index in [4.69, 9.17) is 4.74 Å². The van der Waals surface area contributed by atoms with E-state index >= 15 is 0 Å². The molecule has 0 bridgehead atoms. The molecule has 0 amide bonds. The highest BCUT2D eigenvalue weighted by Crippen LogP contribution is 2.22. The zero-order valence-corrected chi connectivity index (χ0v) is 12.3. The largest absolute Gasteiger partial charge is 0.378 e. The number of rotatable bonds is 4. The minimum atomic E-state index is -0.189. The summed E-state index contributed by atoms with van der Waals surface area (Å²) in [6, 6.07) is -0.189. The van der Waals surface area contributed by atoms with Gasteiger partial charge in [0, 0.05) is 13.1 Å². The zero-order chi connectivity index (χ0) is 13.1. The SMILES string of the molecule is CCn1nc(C)c(Br)c1CC(=O)C1COCCN1. The summed E-state index contributed by atoms with van der Waals surface area (Å²) < 4.78 is 8.13. The lowest BCUT2D eigenvalue weighted by Crippen LogP contribution is -2.47. The van der Waals surface area contributed by atoms with Gasteiger partial charge in [-0.2, -0.15) is 5.10 Å². The van der Waals surface area contributed by atoms with E-state index in [9.17, 15) is 4.79 Å². The molecular weight excluding hydrogens is 298 g/mol. The molecule has 1 saturated heterocycles. The number of carbonyl (C=O) groups excluding carboxylic acids is 1. The molecule has 0 radical (unpaired) electrons. The molecule has 1 aliphatic rings. The van der Waals surface area contributed by atoms with Crippen LogP contribution < -0.4 is 5.32 Å². The van der Waals surface area contributed by atoms with E-state index in [0.717, 1.165) is 29.0 Å². The topological polar surface area (TPSA) is 56.2 Å². The summed E-state index contributed by atoms with van der Waals surface area (Å²) in [6.07, 6.45) is 0.385. The Morgan fingerprint density at radius 2 is 2.44 bits per heavy atom. The number of hydrogen-bond acceptors (Lipinski definition) is 4. The molecule has 1 N–H and O–H groups in total. The first kappa shape index (κ1) is 13.7. The summed E-state index contributed by atoms with van der Waals surface area (Å²) in [5, 5.41) is 7.58. The Balaban J connectivity index is 2.10. The molecule has 1 atom stereocenters. The molecule has 100 valence electrons. The van der Waals surface area contributed by atoms with Crippen LogP contribution in [-0.4, -0.2) is 41.4 Å². The highest BCUT2D eigenvalue weighted by Gasteiger charge is 2.24. The summed E-state index contributed by atoms with van der Waals surface area (Å²) in [5.74, 6) is 0.157. The first-order chi connectivity index (χ1) is 8.63. The van der Waals surface area contributed by atoms with Crippen LogP contribution in [0.2, 0.25) is 0 Å². The van der Waals surface area contributed by atoms with Gasteiger partial charge >= 0.3 is 0 Å². The normalized spacial score (nSPS) is 20.1. The second kappa shape index (κ2) is 5.95. The maximum absolute atomic E-state index is 12.2. The van der Waals surface area contributed by atoms with Gasteiger partial charge in [0.05, 0.1) is 41.5 Å². The Kier molecular flexibility index (Phi) is 4.53. The number of nitrogens with zero attached hydrogens (tertiary/aromatic N) is 2. The summed E-state index contributed by atoms with van der Waals surface area (Å²) in [6.45, 7) is 6.61. The first-order valence-corrected chi connectivity index (χ1v) is 6.98. The van der Waals surface area contributed by atoms with Gasteiger partial charge in [0.25, 0.3) is 0 Å². The number of Topliss-reactive ketones (excluding diaryl/α,β-unsaturated/α-hetero) is 1. The van der Waals surface area contributed by atoms with Crippen molar-refractivity contribution >= 4 is 21.7 Å². The molecular formula is C12H18BrN3O2. The molecule has 1 aromatic rings. The molecule has 1 fully saturated rings. The van der Waals surface area contributed by atoms with Gasteiger partial charge in [-0.15, -0.1) is 0 Å². The van der Waals surface area contributed by atoms with Gasteiger partial charge in [0.15, 0.2) is 5.78 Å². The maximum atomic E-state index is 12.2. The fourth-order valence-electron chi connectivity index (χ4n) is 2.10. The lowest BCUT2D eigenvalue weighted by atomic mass is 10.1. The first-order valence-electron chi connectivity index (χ1n) is 6.19. The molecule has 1 aromatic heterocycles. The standard InChI is InChI=1S/C12H18BrN3O2/c1-3-16-10(12(13)8(2)15-16)6-11(17)9-7-18-5-4-14-9/h9,14H,3-7H2,1-2H3. The number of ether oxygens (including phenoxy) is 1. The minimum absolute atomic E-state index is 0.157. The predicted molar refractivity (Wildman–Crippen MR) is 71.7 cm³/mol. The highest BCUT2D eigenvalue weighted by atomic mass is 79.9. The van der Waals surface area contributed by atoms with E-state index in [2.05, 4.69) is 26.3 Å². The molecule has 0 saturated carbocycles. The van der Waals surface area contributed by atoms with Crippen LogP contribution in [0.25, 0.3) is 0 Å². The number of aromatic nitrogens is 2. The summed E-state index contributed by atoms with van der Waals surface area (Å²) >= 11 is 3.51. The van der Waals surface area contributed by atoms with Crippen molar-refractivity contribution in [1.82, 2.24) is 15.1 Å². The molecule has 2 rings (SSSR count). The Bertz CT molecular complexity index is 439. The van der Waals surface area contributed by atoms with Crippen LogP contribution in [0.15, 0.2) is 4.47 Å². The maximum Gasteiger partial charge on any atom is 0.158 e. The molecule has 1 aliphatic heterocycles. The zero-order valence-electron chi connectivity index (χ0n) is 10.7. The number of hydrogen-bond donors (Lipinski definition) is 1. The van der Waals surface area contributed by atoms with Crippen molar-refractivity contribution in [2.24, 2.45) is 0 Å². The van der Waals surface area contributed by atoms with Crippen LogP contribution in [0.3, 0.4) is 0 Å². The van der Waals surface area contributed by atoms with Crippen molar-refractivity contribution in [3.8, 4) is 0 Å². The van der Waals surface area contributed by atoms with Crippen molar-refractivity contribution < 1.29 is 9.53 Å². The summed E-state index contributed by atoms with van der Waals surface area (Å²) in [4.78, 5) is 12.2. The van der Waals surface area contributed by atoms with Gasteiger partial charge in [-0.3, -0.25) is 9.48 Å². The van der Waals surface area contributed by atoms with Crippen molar-refractivity contribution in [3.63, 3.8) is 0 Å². The predicted octanol–water partition coefficient (Wildman–Crippen LogP) is 1.07. The van der Waals surface area contributed by atoms with Gasteiger partial charge < -0.3 is 10.1 Å². The third-order valence-electron chi connectivity index (χ3n) is 3.10. The third-order valence-corrected chi connectivity index (χ3v) is 4.14. The van der Waals surface area contributed by atoms with Crippen molar-refractivity contribution in [2.75, 3.05) is 19.8 Å². The van der Waals surface area contributed by atoms with Gasteiger partial charge in [-0.25, -0.2) is 0 Å². The second-order valence-electron chi connectivity index (χ2n) is 4.39. The van der Waals surface area contributed by atoms with E-state index in [0.29, 0.717) is 19.6 Å². The molecule has 18 heavy (non-hydrogen) atoms. The molecule has 0 aromatic carbocycles. The van der Waals surface area contributed by atoms with Crippen LogP contribution in [0.5, 0.6) is 0 Å². The minimum Gasteiger partial charge on any atom is -0.378 e. The van der Waals surface area contributed by atoms with Gasteiger partial charge in [0.1, 0.15) is 0 Å². The Morgan fingerprint density at radius 3 is 3.06 bits per heavy atom. The van der Waals surface area contributed by atoms with Crippen LogP contribution >= 0.6 is 15.9 Å². The summed E-state index contributed by atoms with van der Waals surface area (Å²) in [5.41, 5.74) is 1.87. The lowest BCUT2D eigenvalue weighted by Gasteiger charge is -2.22.